The molecule has 1 heterocycles. The number of methoxy groups -OCH3 is 3. The minimum Gasteiger partial charge on any atom is -0.493 e. The van der Waals surface area contributed by atoms with Crippen molar-refractivity contribution in [1.82, 2.24) is 4.90 Å². The zero-order valence-electron chi connectivity index (χ0n) is 21.5. The van der Waals surface area contributed by atoms with E-state index in [0.717, 1.165) is 5.56 Å². The molecule has 0 aliphatic carbocycles. The Hall–Kier alpha value is -4.15. The number of hydrogen-bond donors (Lipinski definition) is 1. The quantitative estimate of drug-likeness (QED) is 0.294. The molecule has 39 heavy (non-hydrogen) atoms. The van der Waals surface area contributed by atoms with Crippen LogP contribution in [0.3, 0.4) is 0 Å². The number of thiocarbonyl (C=S) groups is 1. The number of ether oxygens (including phenoxy) is 3. The van der Waals surface area contributed by atoms with E-state index in [0.29, 0.717) is 33.5 Å². The van der Waals surface area contributed by atoms with Gasteiger partial charge in [-0.05, 0) is 78.4 Å². The van der Waals surface area contributed by atoms with Gasteiger partial charge in [-0.1, -0.05) is 17.7 Å². The van der Waals surface area contributed by atoms with Crippen molar-refractivity contribution >= 4 is 58.1 Å². The zero-order chi connectivity index (χ0) is 28.1. The number of amides is 2. The summed E-state index contributed by atoms with van der Waals surface area (Å²) in [4.78, 5) is 41.5. The van der Waals surface area contributed by atoms with Gasteiger partial charge in [-0.2, -0.15) is 0 Å². The smallest absolute Gasteiger partial charge is 0.337 e. The number of nitrogens with zero attached hydrogens (tertiary/aromatic N) is 2. The molecule has 1 aliphatic rings. The Morgan fingerprint density at radius 3 is 2.23 bits per heavy atom. The molecule has 2 amide bonds. The predicted molar refractivity (Wildman–Crippen MR) is 151 cm³/mol. The summed E-state index contributed by atoms with van der Waals surface area (Å²) in [6.45, 7) is 0.251. The van der Waals surface area contributed by atoms with Crippen molar-refractivity contribution in [2.75, 3.05) is 31.5 Å². The van der Waals surface area contributed by atoms with E-state index in [1.54, 1.807) is 79.8 Å². The van der Waals surface area contributed by atoms with Crippen LogP contribution in [0.25, 0.3) is 0 Å². The average Bonchev–Trinajstić information content (AvgIpc) is 3.17. The fourth-order valence-corrected chi connectivity index (χ4v) is 4.73. The van der Waals surface area contributed by atoms with Crippen LogP contribution in [0.5, 0.6) is 11.5 Å². The lowest BCUT2D eigenvalue weighted by atomic mass is 10.1. The summed E-state index contributed by atoms with van der Waals surface area (Å²) >= 11 is 11.8. The zero-order valence-corrected chi connectivity index (χ0v) is 23.0. The second-order valence-corrected chi connectivity index (χ2v) is 9.39. The summed E-state index contributed by atoms with van der Waals surface area (Å²) in [6.07, 6.45) is -0.158. The Labute approximate surface area is 236 Å². The summed E-state index contributed by atoms with van der Waals surface area (Å²) in [7, 11) is 4.38. The van der Waals surface area contributed by atoms with E-state index in [4.69, 9.17) is 38.0 Å². The highest BCUT2D eigenvalue weighted by Gasteiger charge is 2.44. The molecule has 1 saturated heterocycles. The van der Waals surface area contributed by atoms with E-state index in [1.165, 1.54) is 12.0 Å². The molecule has 1 aliphatic heterocycles. The Balaban J connectivity index is 1.59. The van der Waals surface area contributed by atoms with Crippen molar-refractivity contribution in [3.05, 3.63) is 82.9 Å². The number of nitrogens with one attached hydrogen (secondary N) is 1. The number of anilines is 2. The summed E-state index contributed by atoms with van der Waals surface area (Å²) in [6, 6.07) is 17.6. The number of carbonyl (C=O) groups is 3. The predicted octanol–water partition coefficient (Wildman–Crippen LogP) is 4.67. The molecule has 1 unspecified atom stereocenters. The Morgan fingerprint density at radius 2 is 1.62 bits per heavy atom. The largest absolute Gasteiger partial charge is 0.493 e. The van der Waals surface area contributed by atoms with E-state index < -0.39 is 17.9 Å². The third-order valence-electron chi connectivity index (χ3n) is 6.17. The van der Waals surface area contributed by atoms with Crippen molar-refractivity contribution in [2.45, 2.75) is 19.0 Å². The average molecular weight is 568 g/mol. The molecule has 1 N–H and O–H groups in total. The molecule has 3 aromatic rings. The SMILES string of the molecule is COC(=O)c1ccc(NC(=O)CC2C(=O)N(c3ccc(Cl)cc3)C(=S)N2Cc2ccc(OC)c(OC)c2)cc1. The number of halogens is 1. The summed E-state index contributed by atoms with van der Waals surface area (Å²) in [5.74, 6) is -0.105. The van der Waals surface area contributed by atoms with Crippen molar-refractivity contribution in [3.63, 3.8) is 0 Å². The lowest BCUT2D eigenvalue weighted by Crippen LogP contribution is -2.37. The van der Waals surface area contributed by atoms with Gasteiger partial charge in [-0.15, -0.1) is 0 Å². The topological polar surface area (TPSA) is 97.4 Å². The van der Waals surface area contributed by atoms with Crippen LogP contribution in [0.2, 0.25) is 5.02 Å². The lowest BCUT2D eigenvalue weighted by molar-refractivity contribution is -0.124. The minimum atomic E-state index is -0.865. The van der Waals surface area contributed by atoms with Crippen LogP contribution < -0.4 is 19.7 Å². The number of hydrogen-bond acceptors (Lipinski definition) is 7. The highest BCUT2D eigenvalue weighted by Crippen LogP contribution is 2.32. The van der Waals surface area contributed by atoms with Crippen LogP contribution in [-0.2, 0) is 20.9 Å². The number of rotatable bonds is 9. The third-order valence-corrected chi connectivity index (χ3v) is 6.84. The molecule has 0 saturated carbocycles. The molecule has 1 atom stereocenters. The van der Waals surface area contributed by atoms with Crippen LogP contribution in [0, 0.1) is 0 Å². The molecule has 0 aromatic heterocycles. The molecule has 0 spiro atoms. The first-order valence-electron chi connectivity index (χ1n) is 11.8. The standard InChI is InChI=1S/C28H26ClN3O6S/c1-36-23-13-4-17(14-24(23)37-2)16-31-22(26(34)32(28(31)39)21-11-7-19(29)8-12-21)15-25(33)30-20-9-5-18(6-10-20)27(35)38-3/h4-14,22H,15-16H2,1-3H3,(H,30,33). The molecule has 11 heteroatoms. The third kappa shape index (κ3) is 6.13. The first kappa shape index (κ1) is 27.9. The Morgan fingerprint density at radius 1 is 0.949 bits per heavy atom. The fourth-order valence-electron chi connectivity index (χ4n) is 4.21. The normalized spacial score (nSPS) is 14.8. The van der Waals surface area contributed by atoms with Gasteiger partial charge in [-0.25, -0.2) is 4.79 Å². The van der Waals surface area contributed by atoms with Crippen LogP contribution in [0.4, 0.5) is 11.4 Å². The molecule has 9 nitrogen and oxygen atoms in total. The highest BCUT2D eigenvalue weighted by molar-refractivity contribution is 7.80. The van der Waals surface area contributed by atoms with Crippen LogP contribution >= 0.6 is 23.8 Å². The first-order chi connectivity index (χ1) is 18.7. The molecule has 0 bridgehead atoms. The van der Waals surface area contributed by atoms with Gasteiger partial charge in [0, 0.05) is 17.3 Å². The Kier molecular flexibility index (Phi) is 8.68. The summed E-state index contributed by atoms with van der Waals surface area (Å²) in [5.41, 5.74) is 2.19. The lowest BCUT2D eigenvalue weighted by Gasteiger charge is -2.24. The van der Waals surface area contributed by atoms with Gasteiger partial charge in [0.05, 0.1) is 39.0 Å². The van der Waals surface area contributed by atoms with Gasteiger partial charge in [0.2, 0.25) is 5.91 Å². The van der Waals surface area contributed by atoms with Crippen molar-refractivity contribution < 1.29 is 28.6 Å². The number of benzene rings is 3. The van der Waals surface area contributed by atoms with Gasteiger partial charge in [0.25, 0.3) is 5.91 Å². The van der Waals surface area contributed by atoms with E-state index in [9.17, 15) is 14.4 Å². The van der Waals surface area contributed by atoms with E-state index in [1.807, 2.05) is 6.07 Å². The first-order valence-corrected chi connectivity index (χ1v) is 12.6. The van der Waals surface area contributed by atoms with Crippen LogP contribution in [-0.4, -0.2) is 55.2 Å². The van der Waals surface area contributed by atoms with Gasteiger partial charge in [0.15, 0.2) is 16.6 Å². The maximum atomic E-state index is 13.7. The minimum absolute atomic E-state index is 0.158. The second-order valence-electron chi connectivity index (χ2n) is 8.59. The van der Waals surface area contributed by atoms with E-state index >= 15 is 0 Å². The fraction of sp³-hybridized carbons (Fsp3) is 0.214. The summed E-state index contributed by atoms with van der Waals surface area (Å²) in [5, 5.41) is 3.56. The van der Waals surface area contributed by atoms with Gasteiger partial charge in [-0.3, -0.25) is 14.5 Å². The Bertz CT molecular complexity index is 1400. The molecule has 202 valence electrons. The monoisotopic (exact) mass is 567 g/mol. The van der Waals surface area contributed by atoms with Crippen molar-refractivity contribution in [3.8, 4) is 11.5 Å². The maximum absolute atomic E-state index is 13.7. The molecule has 4 rings (SSSR count). The molecular weight excluding hydrogens is 542 g/mol. The van der Waals surface area contributed by atoms with Crippen LogP contribution in [0.1, 0.15) is 22.3 Å². The van der Waals surface area contributed by atoms with Gasteiger partial charge >= 0.3 is 5.97 Å². The van der Waals surface area contributed by atoms with Crippen LogP contribution in [0.15, 0.2) is 66.7 Å². The second kappa shape index (κ2) is 12.1. The van der Waals surface area contributed by atoms with E-state index in [-0.39, 0.29) is 24.0 Å². The van der Waals surface area contributed by atoms with E-state index in [2.05, 4.69) is 5.32 Å². The highest BCUT2D eigenvalue weighted by atomic mass is 35.5. The summed E-state index contributed by atoms with van der Waals surface area (Å²) < 4.78 is 15.4. The van der Waals surface area contributed by atoms with Gasteiger partial charge < -0.3 is 24.4 Å². The maximum Gasteiger partial charge on any atom is 0.337 e. The molecule has 3 aromatic carbocycles. The van der Waals surface area contributed by atoms with Crippen molar-refractivity contribution in [1.29, 1.82) is 0 Å². The molecule has 0 radical (unpaired) electrons. The van der Waals surface area contributed by atoms with Gasteiger partial charge in [0.1, 0.15) is 6.04 Å². The number of carbonyl (C=O) groups excluding carboxylic acids is 3. The molecule has 1 fully saturated rings. The number of esters is 1. The molecular formula is C28H26ClN3O6S. The van der Waals surface area contributed by atoms with Crippen molar-refractivity contribution in [2.24, 2.45) is 0 Å².